The van der Waals surface area contributed by atoms with Crippen LogP contribution in [0.3, 0.4) is 0 Å². The molecule has 0 N–H and O–H groups in total. The van der Waals surface area contributed by atoms with Crippen LogP contribution in [0.25, 0.3) is 10.8 Å². The minimum absolute atomic E-state index is 0.237. The van der Waals surface area contributed by atoms with Crippen molar-refractivity contribution in [3.8, 4) is 0 Å². The molecule has 2 rings (SSSR count). The van der Waals surface area contributed by atoms with Crippen molar-refractivity contribution < 1.29 is 4.74 Å². The van der Waals surface area contributed by atoms with Gasteiger partial charge in [0.15, 0.2) is 0 Å². The maximum absolute atomic E-state index is 5.70. The molecule has 2 heteroatoms. The Morgan fingerprint density at radius 3 is 2.28 bits per heavy atom. The van der Waals surface area contributed by atoms with Crippen LogP contribution in [-0.4, -0.2) is 15.2 Å². The predicted molar refractivity (Wildman–Crippen MR) is 81.9 cm³/mol. The first-order valence-electron chi connectivity index (χ1n) is 6.51. The van der Waals surface area contributed by atoms with Gasteiger partial charge in [0.05, 0.1) is 6.10 Å². The van der Waals surface area contributed by atoms with Crippen molar-refractivity contribution in [1.82, 2.24) is 0 Å². The Morgan fingerprint density at radius 2 is 1.67 bits per heavy atom. The van der Waals surface area contributed by atoms with E-state index < -0.39 is 8.07 Å². The van der Waals surface area contributed by atoms with Crippen molar-refractivity contribution in [3.63, 3.8) is 0 Å². The molecule has 0 heterocycles. The molecule has 18 heavy (non-hydrogen) atoms. The average molecular weight is 258 g/mol. The molecule has 0 fully saturated rings. The Hall–Kier alpha value is -1.12. The molecule has 1 unspecified atom stereocenters. The molecule has 0 bridgehead atoms. The topological polar surface area (TPSA) is 9.23 Å². The third kappa shape index (κ3) is 3.21. The van der Waals surface area contributed by atoms with Crippen LogP contribution in [0.4, 0.5) is 0 Å². The molecule has 0 spiro atoms. The fraction of sp³-hybridized carbons (Fsp3) is 0.375. The highest BCUT2D eigenvalue weighted by Gasteiger charge is 2.21. The second-order valence-electron chi connectivity index (χ2n) is 6.10. The van der Waals surface area contributed by atoms with Gasteiger partial charge >= 0.3 is 0 Å². The molecule has 0 radical (unpaired) electrons. The number of ether oxygens (including phenoxy) is 1. The summed E-state index contributed by atoms with van der Waals surface area (Å²) in [6, 6.07) is 16.3. The minimum Gasteiger partial charge on any atom is -0.377 e. The number of methoxy groups -OCH3 is 1. The fourth-order valence-corrected chi connectivity index (χ4v) is 3.82. The maximum atomic E-state index is 5.70. The molecular weight excluding hydrogens is 236 g/mol. The van der Waals surface area contributed by atoms with Crippen LogP contribution >= 0.6 is 0 Å². The van der Waals surface area contributed by atoms with Gasteiger partial charge < -0.3 is 4.74 Å². The second-order valence-corrected chi connectivity index (χ2v) is 11.6. The zero-order chi connectivity index (χ0) is 13.2. The molecule has 96 valence electrons. The monoisotopic (exact) mass is 258 g/mol. The first-order chi connectivity index (χ1) is 8.49. The van der Waals surface area contributed by atoms with Crippen LogP contribution in [0.1, 0.15) is 11.7 Å². The quantitative estimate of drug-likeness (QED) is 0.711. The van der Waals surface area contributed by atoms with Crippen molar-refractivity contribution >= 4 is 18.8 Å². The van der Waals surface area contributed by atoms with Gasteiger partial charge in [0.25, 0.3) is 0 Å². The van der Waals surface area contributed by atoms with E-state index in [4.69, 9.17) is 4.74 Å². The standard InChI is InChI=1S/C16H22OSi/c1-17-16(12-18(2,3)4)15-10-9-13-7-5-6-8-14(13)11-15/h5-11,16H,12H2,1-4H3. The van der Waals surface area contributed by atoms with Gasteiger partial charge in [-0.2, -0.15) is 0 Å². The third-order valence-electron chi connectivity index (χ3n) is 3.23. The summed E-state index contributed by atoms with van der Waals surface area (Å²) in [4.78, 5) is 0. The molecule has 0 saturated heterocycles. The Bertz CT molecular complexity index is 528. The first kappa shape index (κ1) is 13.3. The maximum Gasteiger partial charge on any atom is 0.0797 e. The van der Waals surface area contributed by atoms with E-state index in [0.717, 1.165) is 0 Å². The van der Waals surface area contributed by atoms with Crippen molar-refractivity contribution in [2.24, 2.45) is 0 Å². The van der Waals surface area contributed by atoms with E-state index in [1.807, 2.05) is 7.11 Å². The van der Waals surface area contributed by atoms with E-state index in [9.17, 15) is 0 Å². The number of rotatable bonds is 4. The van der Waals surface area contributed by atoms with Gasteiger partial charge in [-0.3, -0.25) is 0 Å². The van der Waals surface area contributed by atoms with Gasteiger partial charge in [-0.25, -0.2) is 0 Å². The number of fused-ring (bicyclic) bond motifs is 1. The molecule has 0 aliphatic heterocycles. The van der Waals surface area contributed by atoms with Crippen LogP contribution in [0, 0.1) is 0 Å². The number of hydrogen-bond acceptors (Lipinski definition) is 1. The van der Waals surface area contributed by atoms with E-state index >= 15 is 0 Å². The zero-order valence-corrected chi connectivity index (χ0v) is 12.7. The van der Waals surface area contributed by atoms with Crippen LogP contribution in [0.2, 0.25) is 25.7 Å². The molecule has 0 aliphatic carbocycles. The summed E-state index contributed by atoms with van der Waals surface area (Å²) < 4.78 is 5.70. The van der Waals surface area contributed by atoms with Crippen LogP contribution in [-0.2, 0) is 4.74 Å². The average Bonchev–Trinajstić information content (AvgIpc) is 2.34. The Balaban J connectivity index is 2.33. The molecule has 1 nitrogen and oxygen atoms in total. The highest BCUT2D eigenvalue weighted by molar-refractivity contribution is 6.76. The summed E-state index contributed by atoms with van der Waals surface area (Å²) in [6.07, 6.45) is 0.237. The lowest BCUT2D eigenvalue weighted by Gasteiger charge is -2.24. The predicted octanol–water partition coefficient (Wildman–Crippen LogP) is 4.87. The molecule has 0 aliphatic rings. The lowest BCUT2D eigenvalue weighted by molar-refractivity contribution is 0.118. The molecule has 0 aromatic heterocycles. The second kappa shape index (κ2) is 5.25. The normalized spacial score (nSPS) is 13.8. The van der Waals surface area contributed by atoms with Crippen molar-refractivity contribution in [2.45, 2.75) is 31.8 Å². The van der Waals surface area contributed by atoms with Crippen LogP contribution < -0.4 is 0 Å². The van der Waals surface area contributed by atoms with Crippen molar-refractivity contribution in [3.05, 3.63) is 48.0 Å². The van der Waals surface area contributed by atoms with E-state index in [0.29, 0.717) is 0 Å². The molecule has 2 aromatic rings. The Labute approximate surface area is 111 Å². The van der Waals surface area contributed by atoms with Crippen molar-refractivity contribution in [2.75, 3.05) is 7.11 Å². The molecule has 2 aromatic carbocycles. The van der Waals surface area contributed by atoms with Gasteiger partial charge in [-0.05, 0) is 28.4 Å². The Kier molecular flexibility index (Phi) is 3.88. The van der Waals surface area contributed by atoms with Gasteiger partial charge in [-0.15, -0.1) is 0 Å². The van der Waals surface area contributed by atoms with Gasteiger partial charge in [0, 0.05) is 15.2 Å². The highest BCUT2D eigenvalue weighted by Crippen LogP contribution is 2.29. The summed E-state index contributed by atoms with van der Waals surface area (Å²) in [5.74, 6) is 0. The van der Waals surface area contributed by atoms with Gasteiger partial charge in [-0.1, -0.05) is 56.0 Å². The summed E-state index contributed by atoms with van der Waals surface area (Å²) in [7, 11) is 0.703. The van der Waals surface area contributed by atoms with E-state index in [1.54, 1.807) is 0 Å². The van der Waals surface area contributed by atoms with E-state index in [-0.39, 0.29) is 6.10 Å². The number of benzene rings is 2. The largest absolute Gasteiger partial charge is 0.377 e. The lowest BCUT2D eigenvalue weighted by Crippen LogP contribution is -2.23. The van der Waals surface area contributed by atoms with Crippen LogP contribution in [0.5, 0.6) is 0 Å². The zero-order valence-electron chi connectivity index (χ0n) is 11.7. The van der Waals surface area contributed by atoms with E-state index in [1.165, 1.54) is 22.4 Å². The smallest absolute Gasteiger partial charge is 0.0797 e. The van der Waals surface area contributed by atoms with Crippen LogP contribution in [0.15, 0.2) is 42.5 Å². The van der Waals surface area contributed by atoms with Crippen molar-refractivity contribution in [1.29, 1.82) is 0 Å². The molecular formula is C16H22OSi. The SMILES string of the molecule is COC(C[Si](C)(C)C)c1ccc2ccccc2c1. The summed E-state index contributed by atoms with van der Waals surface area (Å²) >= 11 is 0. The van der Waals surface area contributed by atoms with E-state index in [2.05, 4.69) is 62.1 Å². The third-order valence-corrected chi connectivity index (χ3v) is 4.82. The lowest BCUT2D eigenvalue weighted by atomic mass is 10.0. The summed E-state index contributed by atoms with van der Waals surface area (Å²) in [5, 5.41) is 2.59. The fourth-order valence-electron chi connectivity index (χ4n) is 2.30. The molecule has 1 atom stereocenters. The summed E-state index contributed by atoms with van der Waals surface area (Å²) in [6.45, 7) is 7.17. The minimum atomic E-state index is -1.12. The number of hydrogen-bond donors (Lipinski definition) is 0. The van der Waals surface area contributed by atoms with Gasteiger partial charge in [0.1, 0.15) is 0 Å². The first-order valence-corrected chi connectivity index (χ1v) is 10.2. The molecule has 0 amide bonds. The Morgan fingerprint density at radius 1 is 1.00 bits per heavy atom. The summed E-state index contributed by atoms with van der Waals surface area (Å²) in [5.41, 5.74) is 1.30. The highest BCUT2D eigenvalue weighted by atomic mass is 28.3. The van der Waals surface area contributed by atoms with Gasteiger partial charge in [0.2, 0.25) is 0 Å². The molecule has 0 saturated carbocycles.